The number of hydrogen-bond acceptors (Lipinski definition) is 6. The second-order valence-corrected chi connectivity index (χ2v) is 7.73. The van der Waals surface area contributed by atoms with Gasteiger partial charge in [-0.3, -0.25) is 9.59 Å². The molecule has 0 bridgehead atoms. The molecule has 3 N–H and O–H groups in total. The second-order valence-electron chi connectivity index (χ2n) is 7.73. The molecule has 0 aliphatic heterocycles. The van der Waals surface area contributed by atoms with Crippen molar-refractivity contribution in [2.24, 2.45) is 0 Å². The first-order valence-corrected chi connectivity index (χ1v) is 9.87. The van der Waals surface area contributed by atoms with Crippen LogP contribution in [-0.2, 0) is 26.3 Å². The molecule has 1 aliphatic rings. The maximum absolute atomic E-state index is 12.1. The molecule has 1 heterocycles. The van der Waals surface area contributed by atoms with Gasteiger partial charge in [0.15, 0.2) is 5.82 Å². The number of carbonyl (C=O) groups excluding carboxylic acids is 2. The smallest absolute Gasteiger partial charge is 0.329 e. The largest absolute Gasteiger partial charge is 0.480 e. The summed E-state index contributed by atoms with van der Waals surface area (Å²) in [6, 6.07) is 0. The zero-order valence-corrected chi connectivity index (χ0v) is 16.8. The molecule has 2 rings (SSSR count). The molecule has 0 spiro atoms. The van der Waals surface area contributed by atoms with Gasteiger partial charge < -0.3 is 20.3 Å². The van der Waals surface area contributed by atoms with Crippen LogP contribution >= 0.6 is 0 Å². The molecular formula is C19H30N4O5. The molecule has 1 atom stereocenters. The lowest BCUT2D eigenvalue weighted by Gasteiger charge is -2.30. The van der Waals surface area contributed by atoms with Gasteiger partial charge in [-0.15, -0.1) is 0 Å². The number of carboxylic acid groups (broad SMARTS) is 1. The topological polar surface area (TPSA) is 134 Å². The molecule has 28 heavy (non-hydrogen) atoms. The lowest BCUT2D eigenvalue weighted by atomic mass is 9.89. The average Bonchev–Trinajstić information content (AvgIpc) is 3.00. The minimum Gasteiger partial charge on any atom is -0.480 e. The predicted octanol–water partition coefficient (Wildman–Crippen LogP) is 2.06. The third kappa shape index (κ3) is 5.30. The van der Waals surface area contributed by atoms with E-state index in [4.69, 9.17) is 4.52 Å². The van der Waals surface area contributed by atoms with Crippen molar-refractivity contribution in [1.82, 2.24) is 20.8 Å². The van der Waals surface area contributed by atoms with Gasteiger partial charge in [0.1, 0.15) is 11.1 Å². The van der Waals surface area contributed by atoms with Gasteiger partial charge in [-0.25, -0.2) is 4.79 Å². The van der Waals surface area contributed by atoms with Gasteiger partial charge in [0.05, 0.1) is 0 Å². The number of aryl methyl sites for hydroxylation is 1. The van der Waals surface area contributed by atoms with Gasteiger partial charge in [-0.2, -0.15) is 4.98 Å². The van der Waals surface area contributed by atoms with E-state index in [1.807, 2.05) is 0 Å². The number of amides is 2. The van der Waals surface area contributed by atoms with Crippen molar-refractivity contribution in [3.05, 3.63) is 11.7 Å². The Hall–Kier alpha value is -2.45. The van der Waals surface area contributed by atoms with Crippen LogP contribution in [0.25, 0.3) is 0 Å². The fourth-order valence-corrected chi connectivity index (χ4v) is 3.51. The van der Waals surface area contributed by atoms with Gasteiger partial charge in [-0.05, 0) is 26.2 Å². The Morgan fingerprint density at radius 3 is 2.39 bits per heavy atom. The van der Waals surface area contributed by atoms with E-state index in [9.17, 15) is 19.5 Å². The zero-order chi connectivity index (χ0) is 20.8. The number of aromatic nitrogens is 2. The minimum atomic E-state index is -1.30. The molecule has 1 aromatic rings. The summed E-state index contributed by atoms with van der Waals surface area (Å²) in [6.07, 6.45) is 6.16. The Morgan fingerprint density at radius 2 is 1.86 bits per heavy atom. The summed E-state index contributed by atoms with van der Waals surface area (Å²) in [6.45, 7) is 4.65. The monoisotopic (exact) mass is 394 g/mol. The molecule has 0 aromatic carbocycles. The van der Waals surface area contributed by atoms with Gasteiger partial charge >= 0.3 is 5.97 Å². The standard InChI is InChI=1S/C19H30N4O5/c1-4-18(3,17(26)27)22-14(25)9-10-15-20-16(23-28-15)19(21-13(2)24)11-7-5-6-8-12-19/h4-12H2,1-3H3,(H,21,24)(H,22,25)(H,26,27). The summed E-state index contributed by atoms with van der Waals surface area (Å²) in [4.78, 5) is 39.6. The molecule has 2 amide bonds. The number of aliphatic carboxylic acids is 1. The van der Waals surface area contributed by atoms with E-state index < -0.39 is 23.0 Å². The van der Waals surface area contributed by atoms with Crippen molar-refractivity contribution in [2.75, 3.05) is 0 Å². The molecule has 1 aliphatic carbocycles. The third-order valence-electron chi connectivity index (χ3n) is 5.43. The summed E-state index contributed by atoms with van der Waals surface area (Å²) < 4.78 is 5.31. The fraction of sp³-hybridized carbons (Fsp3) is 0.737. The van der Waals surface area contributed by atoms with Gasteiger partial charge in [0.2, 0.25) is 17.7 Å². The molecule has 1 unspecified atom stereocenters. The lowest BCUT2D eigenvalue weighted by molar-refractivity contribution is -0.147. The maximum Gasteiger partial charge on any atom is 0.329 e. The minimum absolute atomic E-state index is 0.0393. The van der Waals surface area contributed by atoms with Crippen molar-refractivity contribution >= 4 is 17.8 Å². The molecule has 1 saturated carbocycles. The molecule has 1 fully saturated rings. The highest BCUT2D eigenvalue weighted by Crippen LogP contribution is 2.34. The van der Waals surface area contributed by atoms with Crippen LogP contribution in [-0.4, -0.2) is 38.6 Å². The van der Waals surface area contributed by atoms with Crippen LogP contribution in [0.1, 0.15) is 83.9 Å². The number of hydrogen-bond donors (Lipinski definition) is 3. The number of nitrogens with zero attached hydrogens (tertiary/aromatic N) is 2. The van der Waals surface area contributed by atoms with E-state index in [1.54, 1.807) is 6.92 Å². The summed E-state index contributed by atoms with van der Waals surface area (Å²) in [5.74, 6) is -0.858. The second kappa shape index (κ2) is 9.16. The molecule has 156 valence electrons. The Labute approximate surface area is 164 Å². The van der Waals surface area contributed by atoms with E-state index in [0.29, 0.717) is 11.7 Å². The quantitative estimate of drug-likeness (QED) is 0.574. The van der Waals surface area contributed by atoms with Crippen LogP contribution in [0.2, 0.25) is 0 Å². The highest BCUT2D eigenvalue weighted by Gasteiger charge is 2.38. The van der Waals surface area contributed by atoms with E-state index >= 15 is 0 Å². The Kier molecular flexibility index (Phi) is 7.15. The van der Waals surface area contributed by atoms with E-state index in [-0.39, 0.29) is 25.2 Å². The van der Waals surface area contributed by atoms with Crippen molar-refractivity contribution < 1.29 is 24.0 Å². The van der Waals surface area contributed by atoms with Gasteiger partial charge in [0, 0.05) is 19.8 Å². The van der Waals surface area contributed by atoms with E-state index in [2.05, 4.69) is 20.8 Å². The predicted molar refractivity (Wildman–Crippen MR) is 100 cm³/mol. The van der Waals surface area contributed by atoms with Crippen LogP contribution in [0.15, 0.2) is 4.52 Å². The molecule has 9 heteroatoms. The highest BCUT2D eigenvalue weighted by atomic mass is 16.5. The molecule has 9 nitrogen and oxygen atoms in total. The third-order valence-corrected chi connectivity index (χ3v) is 5.43. The summed E-state index contributed by atoms with van der Waals surface area (Å²) in [7, 11) is 0. The van der Waals surface area contributed by atoms with Crippen LogP contribution in [0.5, 0.6) is 0 Å². The van der Waals surface area contributed by atoms with Crippen LogP contribution in [0.4, 0.5) is 0 Å². The van der Waals surface area contributed by atoms with Crippen LogP contribution in [0, 0.1) is 0 Å². The fourth-order valence-electron chi connectivity index (χ4n) is 3.51. The first-order chi connectivity index (χ1) is 13.2. The molecule has 1 aromatic heterocycles. The van der Waals surface area contributed by atoms with Crippen LogP contribution < -0.4 is 10.6 Å². The SMILES string of the molecule is CCC(C)(NC(=O)CCc1nc(C2(NC(C)=O)CCCCCC2)no1)C(=O)O. The van der Waals surface area contributed by atoms with Gasteiger partial charge in [-0.1, -0.05) is 37.8 Å². The maximum atomic E-state index is 12.1. The molecule has 0 saturated heterocycles. The summed E-state index contributed by atoms with van der Waals surface area (Å²) in [5, 5.41) is 18.9. The van der Waals surface area contributed by atoms with E-state index in [1.165, 1.54) is 13.8 Å². The van der Waals surface area contributed by atoms with Gasteiger partial charge in [0.25, 0.3) is 0 Å². The van der Waals surface area contributed by atoms with Crippen molar-refractivity contribution in [2.45, 2.75) is 89.6 Å². The average molecular weight is 394 g/mol. The number of rotatable bonds is 8. The van der Waals surface area contributed by atoms with Crippen molar-refractivity contribution in [1.29, 1.82) is 0 Å². The number of nitrogens with one attached hydrogen (secondary N) is 2. The molecular weight excluding hydrogens is 364 g/mol. The number of carbonyl (C=O) groups is 3. The summed E-state index contributed by atoms with van der Waals surface area (Å²) >= 11 is 0. The first kappa shape index (κ1) is 21.8. The Morgan fingerprint density at radius 1 is 1.21 bits per heavy atom. The van der Waals surface area contributed by atoms with Crippen LogP contribution in [0.3, 0.4) is 0 Å². The first-order valence-electron chi connectivity index (χ1n) is 9.87. The zero-order valence-electron chi connectivity index (χ0n) is 16.8. The normalized spacial score (nSPS) is 18.5. The van der Waals surface area contributed by atoms with E-state index in [0.717, 1.165) is 38.5 Å². The molecule has 0 radical (unpaired) electrons. The van der Waals surface area contributed by atoms with Crippen molar-refractivity contribution in [3.8, 4) is 0 Å². The van der Waals surface area contributed by atoms with Crippen molar-refractivity contribution in [3.63, 3.8) is 0 Å². The summed E-state index contributed by atoms with van der Waals surface area (Å²) in [5.41, 5.74) is -1.93. The Balaban J connectivity index is 2.05. The lowest BCUT2D eigenvalue weighted by Crippen LogP contribution is -2.51. The number of carboxylic acids is 1. The highest BCUT2D eigenvalue weighted by molar-refractivity contribution is 5.86. The Bertz CT molecular complexity index is 709.